The first-order chi connectivity index (χ1) is 15.7. The van der Waals surface area contributed by atoms with E-state index in [1.807, 2.05) is 25.6 Å². The molecule has 0 amide bonds. The number of fused-ring (bicyclic) bond motifs is 1. The Morgan fingerprint density at radius 2 is 2.03 bits per heavy atom. The molecule has 1 aliphatic rings. The van der Waals surface area contributed by atoms with Gasteiger partial charge in [0.15, 0.2) is 0 Å². The van der Waals surface area contributed by atoms with E-state index < -0.39 is 0 Å². The Kier molecular flexibility index (Phi) is 7.27. The smallest absolute Gasteiger partial charge is 0.124 e. The number of rotatable bonds is 9. The summed E-state index contributed by atoms with van der Waals surface area (Å²) in [6, 6.07) is 6.42. The van der Waals surface area contributed by atoms with E-state index in [-0.39, 0.29) is 0 Å². The molecule has 3 heterocycles. The molecule has 0 unspecified atom stereocenters. The second-order valence-electron chi connectivity index (χ2n) is 8.46. The minimum Gasteiger partial charge on any atom is -0.516 e. The van der Waals surface area contributed by atoms with Gasteiger partial charge in [-0.3, -0.25) is 4.90 Å². The summed E-state index contributed by atoms with van der Waals surface area (Å²) >= 11 is 0. The number of benzene rings is 1. The number of aliphatic hydroxyl groups excluding tert-OH is 1. The van der Waals surface area contributed by atoms with Gasteiger partial charge < -0.3 is 19.6 Å². The number of nitrogens with one attached hydrogen (secondary N) is 1. The predicted octanol–water partition coefficient (Wildman–Crippen LogP) is 4.57. The summed E-state index contributed by atoms with van der Waals surface area (Å²) in [6.45, 7) is 6.88. The first kappa shape index (κ1) is 22.1. The number of piperidine rings is 1. The first-order valence-corrected chi connectivity index (χ1v) is 11.6. The average molecular weight is 435 g/mol. The number of aliphatic hydroxyl groups is 1. The minimum absolute atomic E-state index is 0.713. The van der Waals surface area contributed by atoms with Crippen molar-refractivity contribution in [3.05, 3.63) is 66.7 Å². The van der Waals surface area contributed by atoms with Crippen LogP contribution in [0.4, 0.5) is 5.69 Å². The highest BCUT2D eigenvalue weighted by Crippen LogP contribution is 2.25. The van der Waals surface area contributed by atoms with Crippen molar-refractivity contribution in [1.29, 1.82) is 0 Å². The third-order valence-electron chi connectivity index (χ3n) is 6.45. The molecule has 0 aliphatic carbocycles. The standard InChI is InChI=1S/C25H34N6O/c1-3-30-19-27-16-22(30)17-31-24-9-8-21(26-2)15-23(24)28-25(31)18-29-12-10-20(11-13-29)7-5-4-6-14-32/h4-6,8-9,14-16,19-20,26,32H,3,7,10-13,17-18H2,1-2H3/b5-4-,14-6+. The molecule has 1 fully saturated rings. The fourth-order valence-electron chi connectivity index (χ4n) is 4.54. The summed E-state index contributed by atoms with van der Waals surface area (Å²) in [5.74, 6) is 1.83. The molecule has 0 radical (unpaired) electrons. The fourth-order valence-corrected chi connectivity index (χ4v) is 4.54. The Balaban J connectivity index is 1.51. The molecular weight excluding hydrogens is 400 g/mol. The van der Waals surface area contributed by atoms with Crippen molar-refractivity contribution in [3.63, 3.8) is 0 Å². The zero-order valence-corrected chi connectivity index (χ0v) is 19.1. The van der Waals surface area contributed by atoms with Crippen molar-refractivity contribution < 1.29 is 5.11 Å². The van der Waals surface area contributed by atoms with Crippen molar-refractivity contribution in [3.8, 4) is 0 Å². The quantitative estimate of drug-likeness (QED) is 0.381. The van der Waals surface area contributed by atoms with Crippen molar-refractivity contribution in [2.24, 2.45) is 5.92 Å². The average Bonchev–Trinajstić information content (AvgIpc) is 3.41. The van der Waals surface area contributed by atoms with Crippen LogP contribution in [0, 0.1) is 5.92 Å². The highest BCUT2D eigenvalue weighted by atomic mass is 16.2. The SMILES string of the molecule is CCn1cncc1Cn1c(CN2CCC(C/C=C\C=C\O)CC2)nc2cc(NC)ccc21. The fraction of sp³-hybridized carbons (Fsp3) is 0.440. The third-order valence-corrected chi connectivity index (χ3v) is 6.45. The van der Waals surface area contributed by atoms with E-state index in [0.717, 1.165) is 62.4 Å². The molecule has 7 nitrogen and oxygen atoms in total. The molecular formula is C25H34N6O. The van der Waals surface area contributed by atoms with Gasteiger partial charge in [0.05, 0.1) is 42.4 Å². The van der Waals surface area contributed by atoms with Crippen LogP contribution < -0.4 is 5.32 Å². The molecule has 4 rings (SSSR count). The van der Waals surface area contributed by atoms with E-state index in [9.17, 15) is 0 Å². The summed E-state index contributed by atoms with van der Waals surface area (Å²) in [7, 11) is 1.94. The lowest BCUT2D eigenvalue weighted by molar-refractivity contribution is 0.173. The Hall–Kier alpha value is -3.06. The van der Waals surface area contributed by atoms with Crippen LogP contribution in [-0.4, -0.2) is 49.2 Å². The summed E-state index contributed by atoms with van der Waals surface area (Å²) in [5, 5.41) is 12.0. The monoisotopic (exact) mass is 434 g/mol. The predicted molar refractivity (Wildman–Crippen MR) is 130 cm³/mol. The Morgan fingerprint density at radius 1 is 1.19 bits per heavy atom. The second kappa shape index (κ2) is 10.5. The lowest BCUT2D eigenvalue weighted by Gasteiger charge is -2.31. The van der Waals surface area contributed by atoms with Gasteiger partial charge in [-0.05, 0) is 69.5 Å². The topological polar surface area (TPSA) is 71.1 Å². The molecule has 0 spiro atoms. The Morgan fingerprint density at radius 3 is 2.78 bits per heavy atom. The van der Waals surface area contributed by atoms with Crippen molar-refractivity contribution >= 4 is 16.7 Å². The summed E-state index contributed by atoms with van der Waals surface area (Å²) in [4.78, 5) is 11.9. The van der Waals surface area contributed by atoms with Crippen LogP contribution in [0.15, 0.2) is 55.2 Å². The van der Waals surface area contributed by atoms with Gasteiger partial charge in [-0.2, -0.15) is 0 Å². The molecule has 0 saturated carbocycles. The number of hydrogen-bond donors (Lipinski definition) is 2. The van der Waals surface area contributed by atoms with E-state index >= 15 is 0 Å². The summed E-state index contributed by atoms with van der Waals surface area (Å²) in [6.07, 6.45) is 14.2. The maximum absolute atomic E-state index is 8.74. The summed E-state index contributed by atoms with van der Waals surface area (Å²) in [5.41, 5.74) is 4.48. The summed E-state index contributed by atoms with van der Waals surface area (Å²) < 4.78 is 4.55. The number of likely N-dealkylation sites (tertiary alicyclic amines) is 1. The number of nitrogens with zero attached hydrogens (tertiary/aromatic N) is 5. The van der Waals surface area contributed by atoms with Gasteiger partial charge in [0.1, 0.15) is 5.82 Å². The van der Waals surface area contributed by atoms with Gasteiger partial charge in [-0.15, -0.1) is 0 Å². The van der Waals surface area contributed by atoms with Crippen molar-refractivity contribution in [2.75, 3.05) is 25.5 Å². The van der Waals surface area contributed by atoms with Crippen molar-refractivity contribution in [1.82, 2.24) is 24.0 Å². The number of anilines is 1. The molecule has 1 aliphatic heterocycles. The second-order valence-corrected chi connectivity index (χ2v) is 8.46. The molecule has 1 aromatic carbocycles. The zero-order valence-electron chi connectivity index (χ0n) is 19.1. The van der Waals surface area contributed by atoms with Gasteiger partial charge in [0.2, 0.25) is 0 Å². The largest absolute Gasteiger partial charge is 0.516 e. The lowest BCUT2D eigenvalue weighted by atomic mass is 9.93. The highest BCUT2D eigenvalue weighted by Gasteiger charge is 2.21. The van der Waals surface area contributed by atoms with E-state index in [2.05, 4.69) is 55.5 Å². The van der Waals surface area contributed by atoms with Crippen LogP contribution in [0.25, 0.3) is 11.0 Å². The van der Waals surface area contributed by atoms with Crippen LogP contribution in [0.1, 0.15) is 37.7 Å². The number of imidazole rings is 2. The number of allylic oxidation sites excluding steroid dienone is 3. The van der Waals surface area contributed by atoms with Crippen LogP contribution in [0.3, 0.4) is 0 Å². The Labute approximate surface area is 190 Å². The van der Waals surface area contributed by atoms with Crippen LogP contribution >= 0.6 is 0 Å². The maximum Gasteiger partial charge on any atom is 0.124 e. The molecule has 7 heteroatoms. The Bertz CT molecular complexity index is 1070. The van der Waals surface area contributed by atoms with E-state index in [1.165, 1.54) is 24.1 Å². The molecule has 32 heavy (non-hydrogen) atoms. The van der Waals surface area contributed by atoms with E-state index in [4.69, 9.17) is 10.1 Å². The lowest BCUT2D eigenvalue weighted by Crippen LogP contribution is -2.34. The third kappa shape index (κ3) is 5.05. The molecule has 2 aromatic heterocycles. The van der Waals surface area contributed by atoms with Gasteiger partial charge in [-0.1, -0.05) is 12.2 Å². The van der Waals surface area contributed by atoms with E-state index in [1.54, 1.807) is 6.08 Å². The van der Waals surface area contributed by atoms with Crippen LogP contribution in [0.2, 0.25) is 0 Å². The van der Waals surface area contributed by atoms with E-state index in [0.29, 0.717) is 5.92 Å². The molecule has 1 saturated heterocycles. The minimum atomic E-state index is 0.713. The number of aromatic nitrogens is 4. The molecule has 0 bridgehead atoms. The molecule has 170 valence electrons. The number of aryl methyl sites for hydroxylation is 1. The molecule has 0 atom stereocenters. The van der Waals surface area contributed by atoms with Crippen LogP contribution in [-0.2, 0) is 19.6 Å². The molecule has 2 N–H and O–H groups in total. The van der Waals surface area contributed by atoms with Gasteiger partial charge in [0, 0.05) is 25.5 Å². The maximum atomic E-state index is 8.74. The van der Waals surface area contributed by atoms with Crippen molar-refractivity contribution in [2.45, 2.75) is 45.8 Å². The van der Waals surface area contributed by atoms with Gasteiger partial charge in [0.25, 0.3) is 0 Å². The highest BCUT2D eigenvalue weighted by molar-refractivity contribution is 5.80. The molecule has 3 aromatic rings. The normalized spacial score (nSPS) is 16.1. The van der Waals surface area contributed by atoms with Gasteiger partial charge in [-0.25, -0.2) is 9.97 Å². The van der Waals surface area contributed by atoms with Gasteiger partial charge >= 0.3 is 0 Å². The van der Waals surface area contributed by atoms with Crippen LogP contribution in [0.5, 0.6) is 0 Å². The number of hydrogen-bond acceptors (Lipinski definition) is 5. The zero-order chi connectivity index (χ0) is 22.3. The first-order valence-electron chi connectivity index (χ1n) is 11.6.